The molecule has 1 atom stereocenters. The third kappa shape index (κ3) is 2.98. The molecule has 2 rings (SSSR count). The smallest absolute Gasteiger partial charge is 0.220 e. The van der Waals surface area contributed by atoms with Crippen LogP contribution in [0, 0.1) is 0 Å². The van der Waals surface area contributed by atoms with Gasteiger partial charge in [-0.05, 0) is 40.5 Å². The molecule has 1 aromatic carbocycles. The van der Waals surface area contributed by atoms with Gasteiger partial charge in [0.2, 0.25) is 5.91 Å². The van der Waals surface area contributed by atoms with Gasteiger partial charge in [-0.25, -0.2) is 0 Å². The van der Waals surface area contributed by atoms with Gasteiger partial charge in [-0.2, -0.15) is 0 Å². The maximum atomic E-state index is 11.0. The number of benzene rings is 1. The fourth-order valence-corrected chi connectivity index (χ4v) is 2.88. The highest BCUT2D eigenvalue weighted by Gasteiger charge is 2.20. The maximum absolute atomic E-state index is 11.0. The summed E-state index contributed by atoms with van der Waals surface area (Å²) in [7, 11) is 0. The monoisotopic (exact) mass is 346 g/mol. The van der Waals surface area contributed by atoms with Crippen LogP contribution >= 0.6 is 31.9 Å². The van der Waals surface area contributed by atoms with E-state index in [1.165, 1.54) is 0 Å². The van der Waals surface area contributed by atoms with Crippen LogP contribution in [0.15, 0.2) is 27.1 Å². The van der Waals surface area contributed by atoms with Gasteiger partial charge in [0.15, 0.2) is 0 Å². The summed E-state index contributed by atoms with van der Waals surface area (Å²) in [6, 6.07) is 6.24. The molecule has 1 amide bonds. The molecular formula is C11H12Br2N2O. The first kappa shape index (κ1) is 11.9. The van der Waals surface area contributed by atoms with Gasteiger partial charge in [0, 0.05) is 33.6 Å². The number of nitrogens with one attached hydrogen (secondary N) is 2. The second-order valence-corrected chi connectivity index (χ2v) is 5.58. The molecule has 0 radical (unpaired) electrons. The van der Waals surface area contributed by atoms with E-state index in [0.717, 1.165) is 27.6 Å². The lowest BCUT2D eigenvalue weighted by Gasteiger charge is -2.13. The number of halogens is 2. The largest absolute Gasteiger partial charge is 0.382 e. The molecule has 16 heavy (non-hydrogen) atoms. The zero-order valence-corrected chi connectivity index (χ0v) is 11.8. The van der Waals surface area contributed by atoms with Crippen LogP contribution in [0.5, 0.6) is 0 Å². The Morgan fingerprint density at radius 3 is 2.88 bits per heavy atom. The van der Waals surface area contributed by atoms with Crippen molar-refractivity contribution in [2.45, 2.75) is 18.9 Å². The van der Waals surface area contributed by atoms with Crippen LogP contribution < -0.4 is 10.6 Å². The van der Waals surface area contributed by atoms with Gasteiger partial charge >= 0.3 is 0 Å². The lowest BCUT2D eigenvalue weighted by molar-refractivity contribution is -0.119. The summed E-state index contributed by atoms with van der Waals surface area (Å²) < 4.78 is 2.06. The lowest BCUT2D eigenvalue weighted by Crippen LogP contribution is -2.31. The number of carbonyl (C=O) groups excluding carboxylic acids is 1. The second-order valence-electron chi connectivity index (χ2n) is 3.81. The quantitative estimate of drug-likeness (QED) is 0.882. The SMILES string of the molecule is O=C1CCC(CNc2ccc(Br)cc2Br)N1. The van der Waals surface area contributed by atoms with Gasteiger partial charge in [-0.15, -0.1) is 0 Å². The molecule has 1 unspecified atom stereocenters. The number of carbonyl (C=O) groups is 1. The van der Waals surface area contributed by atoms with Crippen LogP contribution in [-0.4, -0.2) is 18.5 Å². The molecule has 1 fully saturated rings. The fourth-order valence-electron chi connectivity index (χ4n) is 1.70. The third-order valence-electron chi connectivity index (χ3n) is 2.56. The molecule has 2 N–H and O–H groups in total. The summed E-state index contributed by atoms with van der Waals surface area (Å²) >= 11 is 6.90. The molecule has 1 aliphatic heterocycles. The van der Waals surface area contributed by atoms with E-state index in [0.29, 0.717) is 6.42 Å². The van der Waals surface area contributed by atoms with Crippen molar-refractivity contribution in [3.63, 3.8) is 0 Å². The maximum Gasteiger partial charge on any atom is 0.220 e. The van der Waals surface area contributed by atoms with Crippen molar-refractivity contribution < 1.29 is 4.79 Å². The Morgan fingerprint density at radius 1 is 1.44 bits per heavy atom. The summed E-state index contributed by atoms with van der Waals surface area (Å²) in [6.07, 6.45) is 1.56. The Bertz CT molecular complexity index is 409. The molecule has 0 saturated carbocycles. The van der Waals surface area contributed by atoms with Crippen molar-refractivity contribution in [3.05, 3.63) is 27.1 Å². The first-order valence-corrected chi connectivity index (χ1v) is 6.72. The van der Waals surface area contributed by atoms with Crippen LogP contribution in [0.3, 0.4) is 0 Å². The Morgan fingerprint density at radius 2 is 2.25 bits per heavy atom. The van der Waals surface area contributed by atoms with Crippen LogP contribution in [0.25, 0.3) is 0 Å². The van der Waals surface area contributed by atoms with Gasteiger partial charge in [0.25, 0.3) is 0 Å². The average Bonchev–Trinajstić information content (AvgIpc) is 2.63. The molecule has 5 heteroatoms. The minimum Gasteiger partial charge on any atom is -0.382 e. The van der Waals surface area contributed by atoms with E-state index in [4.69, 9.17) is 0 Å². The number of hydrogen-bond donors (Lipinski definition) is 2. The summed E-state index contributed by atoms with van der Waals surface area (Å²) in [5, 5.41) is 6.25. The molecule has 0 bridgehead atoms. The Kier molecular flexibility index (Phi) is 3.86. The summed E-state index contributed by atoms with van der Waals surface area (Å²) in [4.78, 5) is 11.0. The van der Waals surface area contributed by atoms with Gasteiger partial charge in [-0.1, -0.05) is 15.9 Å². The number of anilines is 1. The Labute approximate surface area is 111 Å². The van der Waals surface area contributed by atoms with Crippen LogP contribution in [0.2, 0.25) is 0 Å². The van der Waals surface area contributed by atoms with E-state index in [1.54, 1.807) is 0 Å². The predicted octanol–water partition coefficient (Wildman–Crippen LogP) is 2.90. The van der Waals surface area contributed by atoms with Crippen molar-refractivity contribution in [2.24, 2.45) is 0 Å². The number of hydrogen-bond acceptors (Lipinski definition) is 2. The molecule has 1 aliphatic rings. The van der Waals surface area contributed by atoms with Crippen LogP contribution in [0.1, 0.15) is 12.8 Å². The van der Waals surface area contributed by atoms with Gasteiger partial charge in [0.05, 0.1) is 0 Å². The molecule has 0 aromatic heterocycles. The van der Waals surface area contributed by atoms with Gasteiger partial charge in [0.1, 0.15) is 0 Å². The molecule has 0 spiro atoms. The Hall–Kier alpha value is -0.550. The fraction of sp³-hybridized carbons (Fsp3) is 0.364. The minimum absolute atomic E-state index is 0.154. The highest BCUT2D eigenvalue weighted by atomic mass is 79.9. The van der Waals surface area contributed by atoms with Crippen molar-refractivity contribution in [1.82, 2.24) is 5.32 Å². The van der Waals surface area contributed by atoms with Crippen molar-refractivity contribution in [3.8, 4) is 0 Å². The van der Waals surface area contributed by atoms with Crippen molar-refractivity contribution in [2.75, 3.05) is 11.9 Å². The van der Waals surface area contributed by atoms with E-state index < -0.39 is 0 Å². The van der Waals surface area contributed by atoms with E-state index in [1.807, 2.05) is 18.2 Å². The first-order valence-electron chi connectivity index (χ1n) is 5.13. The molecule has 1 heterocycles. The van der Waals surface area contributed by atoms with E-state index >= 15 is 0 Å². The summed E-state index contributed by atoms with van der Waals surface area (Å²) in [5.74, 6) is 0.154. The molecule has 86 valence electrons. The molecule has 3 nitrogen and oxygen atoms in total. The summed E-state index contributed by atoms with van der Waals surface area (Å²) in [6.45, 7) is 0.770. The number of amides is 1. The third-order valence-corrected chi connectivity index (χ3v) is 3.70. The molecule has 1 aromatic rings. The van der Waals surface area contributed by atoms with Gasteiger partial charge in [-0.3, -0.25) is 4.79 Å². The van der Waals surface area contributed by atoms with Crippen LogP contribution in [0.4, 0.5) is 5.69 Å². The second kappa shape index (κ2) is 5.19. The topological polar surface area (TPSA) is 41.1 Å². The van der Waals surface area contributed by atoms with E-state index in [9.17, 15) is 4.79 Å². The number of rotatable bonds is 3. The zero-order chi connectivity index (χ0) is 11.5. The first-order chi connectivity index (χ1) is 7.65. The molecular weight excluding hydrogens is 336 g/mol. The van der Waals surface area contributed by atoms with Crippen LogP contribution in [-0.2, 0) is 4.79 Å². The standard InChI is InChI=1S/C11H12Br2N2O/c12-7-1-3-10(9(13)5-7)14-6-8-2-4-11(16)15-8/h1,3,5,8,14H,2,4,6H2,(H,15,16). The zero-order valence-electron chi connectivity index (χ0n) is 8.59. The highest BCUT2D eigenvalue weighted by Crippen LogP contribution is 2.26. The highest BCUT2D eigenvalue weighted by molar-refractivity contribution is 9.11. The van der Waals surface area contributed by atoms with Crippen molar-refractivity contribution >= 4 is 43.5 Å². The van der Waals surface area contributed by atoms with E-state index in [2.05, 4.69) is 42.5 Å². The van der Waals surface area contributed by atoms with Gasteiger partial charge < -0.3 is 10.6 Å². The van der Waals surface area contributed by atoms with E-state index in [-0.39, 0.29) is 11.9 Å². The normalized spacial score (nSPS) is 19.6. The average molecular weight is 348 g/mol. The summed E-state index contributed by atoms with van der Waals surface area (Å²) in [5.41, 5.74) is 1.05. The minimum atomic E-state index is 0.154. The lowest BCUT2D eigenvalue weighted by atomic mass is 10.2. The van der Waals surface area contributed by atoms with Crippen molar-refractivity contribution in [1.29, 1.82) is 0 Å². The predicted molar refractivity (Wildman–Crippen MR) is 71.5 cm³/mol. The Balaban J connectivity index is 1.92. The molecule has 1 saturated heterocycles. The molecule has 0 aliphatic carbocycles.